The molecule has 108 valence electrons. The summed E-state index contributed by atoms with van der Waals surface area (Å²) >= 11 is 0. The highest BCUT2D eigenvalue weighted by Crippen LogP contribution is 2.37. The van der Waals surface area contributed by atoms with Gasteiger partial charge in [-0.15, -0.1) is 0 Å². The summed E-state index contributed by atoms with van der Waals surface area (Å²) in [5.41, 5.74) is 1.90. The molecule has 5 heteroatoms. The Hall–Kier alpha value is -2.61. The molecule has 1 heterocycles. The second kappa shape index (κ2) is 5.80. The molecule has 1 aromatic rings. The normalized spacial score (nSPS) is 18.0. The van der Waals surface area contributed by atoms with E-state index in [0.29, 0.717) is 5.56 Å². The molecule has 1 aromatic carbocycles. The maximum atomic E-state index is 12.0. The fraction of sp³-hybridized carbons (Fsp3) is 0.312. The van der Waals surface area contributed by atoms with Gasteiger partial charge in [-0.3, -0.25) is 9.59 Å². The molecule has 5 nitrogen and oxygen atoms in total. The summed E-state index contributed by atoms with van der Waals surface area (Å²) in [6.45, 7) is 3.16. The molecule has 0 aliphatic carbocycles. The second-order valence-corrected chi connectivity index (χ2v) is 4.91. The first kappa shape index (κ1) is 14.8. The number of rotatable bonds is 4. The number of amides is 1. The molecule has 0 radical (unpaired) electrons. The molecule has 0 bridgehead atoms. The number of carbonyl (C=O) groups is 2. The molecule has 21 heavy (non-hydrogen) atoms. The zero-order chi connectivity index (χ0) is 15.6. The van der Waals surface area contributed by atoms with Crippen molar-refractivity contribution in [3.05, 3.63) is 46.7 Å². The molecule has 1 atom stereocenters. The van der Waals surface area contributed by atoms with Crippen molar-refractivity contribution in [3.63, 3.8) is 0 Å². The van der Waals surface area contributed by atoms with Crippen LogP contribution < -0.4 is 0 Å². The van der Waals surface area contributed by atoms with Gasteiger partial charge in [0.25, 0.3) is 5.91 Å². The van der Waals surface area contributed by atoms with Crippen LogP contribution in [0.15, 0.2) is 35.6 Å². The van der Waals surface area contributed by atoms with Crippen LogP contribution in [0.2, 0.25) is 0 Å². The van der Waals surface area contributed by atoms with E-state index in [4.69, 9.17) is 5.26 Å². The van der Waals surface area contributed by atoms with Crippen LogP contribution in [-0.2, 0) is 16.0 Å². The van der Waals surface area contributed by atoms with Crippen LogP contribution >= 0.6 is 0 Å². The molecular weight excluding hydrogens is 268 g/mol. The first-order chi connectivity index (χ1) is 10.0. The fourth-order valence-electron chi connectivity index (χ4n) is 2.53. The summed E-state index contributed by atoms with van der Waals surface area (Å²) in [7, 11) is 0. The lowest BCUT2D eigenvalue weighted by atomic mass is 9.95. The lowest BCUT2D eigenvalue weighted by Crippen LogP contribution is -2.31. The summed E-state index contributed by atoms with van der Waals surface area (Å²) in [4.78, 5) is 25.0. The van der Waals surface area contributed by atoms with Gasteiger partial charge in [-0.2, -0.15) is 5.26 Å². The third-order valence-corrected chi connectivity index (χ3v) is 3.63. The van der Waals surface area contributed by atoms with Crippen LogP contribution in [0.25, 0.3) is 0 Å². The molecule has 0 fully saturated rings. The molecule has 2 rings (SSSR count). The van der Waals surface area contributed by atoms with Crippen molar-refractivity contribution < 1.29 is 14.7 Å². The van der Waals surface area contributed by atoms with Crippen molar-refractivity contribution in [2.24, 2.45) is 0 Å². The van der Waals surface area contributed by atoms with Crippen LogP contribution in [0.4, 0.5) is 0 Å². The van der Waals surface area contributed by atoms with E-state index < -0.39 is 17.7 Å². The van der Waals surface area contributed by atoms with Gasteiger partial charge in [0.2, 0.25) is 0 Å². The van der Waals surface area contributed by atoms with Gasteiger partial charge < -0.3 is 10.0 Å². The van der Waals surface area contributed by atoms with Gasteiger partial charge in [0.1, 0.15) is 6.54 Å². The van der Waals surface area contributed by atoms with Crippen LogP contribution in [-0.4, -0.2) is 28.2 Å². The Morgan fingerprint density at radius 1 is 1.38 bits per heavy atom. The minimum Gasteiger partial charge on any atom is -0.503 e. The van der Waals surface area contributed by atoms with Gasteiger partial charge in [0, 0.05) is 0 Å². The summed E-state index contributed by atoms with van der Waals surface area (Å²) in [5, 5.41) is 18.8. The molecule has 0 aromatic heterocycles. The highest BCUT2D eigenvalue weighted by Gasteiger charge is 2.42. The van der Waals surface area contributed by atoms with E-state index in [9.17, 15) is 14.7 Å². The number of hydrogen-bond donors (Lipinski definition) is 1. The summed E-state index contributed by atoms with van der Waals surface area (Å²) in [6, 6.07) is 8.68. The van der Waals surface area contributed by atoms with Gasteiger partial charge in [0.05, 0.1) is 17.7 Å². The standard InChI is InChI=1S/C16H16N2O3/c1-3-11-4-6-12(7-5-11)14-13(10(2)19)15(20)16(21)18(14)9-8-17/h4-7,14,20H,3,9H2,1-2H3/t14-/m1/s1. The van der Waals surface area contributed by atoms with Gasteiger partial charge in [-0.05, 0) is 24.5 Å². The highest BCUT2D eigenvalue weighted by molar-refractivity contribution is 6.08. The first-order valence-corrected chi connectivity index (χ1v) is 6.72. The average Bonchev–Trinajstić information content (AvgIpc) is 2.73. The topological polar surface area (TPSA) is 81.4 Å². The quantitative estimate of drug-likeness (QED) is 0.858. The molecule has 0 saturated heterocycles. The number of aryl methyl sites for hydroxylation is 1. The molecular formula is C16H16N2O3. The number of Topliss-reactive ketones (excluding diaryl/α,β-unsaturated/α-hetero) is 1. The summed E-state index contributed by atoms with van der Waals surface area (Å²) < 4.78 is 0. The summed E-state index contributed by atoms with van der Waals surface area (Å²) in [6.07, 6.45) is 0.881. The molecule has 1 amide bonds. The number of ketones is 1. The Labute approximate surface area is 123 Å². The van der Waals surface area contributed by atoms with E-state index in [-0.39, 0.29) is 17.9 Å². The predicted octanol–water partition coefficient (Wildman–Crippen LogP) is 2.06. The Morgan fingerprint density at radius 3 is 2.48 bits per heavy atom. The monoisotopic (exact) mass is 284 g/mol. The largest absolute Gasteiger partial charge is 0.503 e. The number of nitriles is 1. The van der Waals surface area contributed by atoms with Crippen LogP contribution in [0.1, 0.15) is 31.0 Å². The Bertz CT molecular complexity index is 653. The zero-order valence-corrected chi connectivity index (χ0v) is 12.0. The number of nitrogens with zero attached hydrogens (tertiary/aromatic N) is 2. The molecule has 0 spiro atoms. The minimum absolute atomic E-state index is 0.0551. The molecule has 0 saturated carbocycles. The second-order valence-electron chi connectivity index (χ2n) is 4.91. The lowest BCUT2D eigenvalue weighted by molar-refractivity contribution is -0.128. The Kier molecular flexibility index (Phi) is 4.08. The maximum Gasteiger partial charge on any atom is 0.290 e. The van der Waals surface area contributed by atoms with E-state index in [1.807, 2.05) is 37.3 Å². The molecule has 1 aliphatic rings. The third kappa shape index (κ3) is 2.52. The third-order valence-electron chi connectivity index (χ3n) is 3.63. The van der Waals surface area contributed by atoms with Crippen LogP contribution in [0.3, 0.4) is 0 Å². The van der Waals surface area contributed by atoms with Crippen molar-refractivity contribution >= 4 is 11.7 Å². The predicted molar refractivity (Wildman–Crippen MR) is 76.2 cm³/mol. The van der Waals surface area contributed by atoms with Crippen molar-refractivity contribution in [3.8, 4) is 6.07 Å². The lowest BCUT2D eigenvalue weighted by Gasteiger charge is -2.24. The van der Waals surface area contributed by atoms with Gasteiger partial charge in [0.15, 0.2) is 11.5 Å². The van der Waals surface area contributed by atoms with E-state index in [1.54, 1.807) is 0 Å². The number of hydrogen-bond acceptors (Lipinski definition) is 4. The molecule has 0 unspecified atom stereocenters. The van der Waals surface area contributed by atoms with Gasteiger partial charge >= 0.3 is 0 Å². The van der Waals surface area contributed by atoms with Crippen molar-refractivity contribution in [1.29, 1.82) is 5.26 Å². The maximum absolute atomic E-state index is 12.0. The van der Waals surface area contributed by atoms with Gasteiger partial charge in [-0.25, -0.2) is 0 Å². The number of aliphatic hydroxyl groups is 1. The van der Waals surface area contributed by atoms with E-state index in [2.05, 4.69) is 0 Å². The zero-order valence-electron chi connectivity index (χ0n) is 12.0. The average molecular weight is 284 g/mol. The Balaban J connectivity index is 2.51. The summed E-state index contributed by atoms with van der Waals surface area (Å²) in [5.74, 6) is -1.60. The Morgan fingerprint density at radius 2 is 2.00 bits per heavy atom. The smallest absolute Gasteiger partial charge is 0.290 e. The highest BCUT2D eigenvalue weighted by atomic mass is 16.3. The van der Waals surface area contributed by atoms with Crippen molar-refractivity contribution in [1.82, 2.24) is 4.90 Å². The number of aliphatic hydroxyl groups excluding tert-OH is 1. The van der Waals surface area contributed by atoms with E-state index in [1.165, 1.54) is 11.8 Å². The number of carbonyl (C=O) groups excluding carboxylic acids is 2. The van der Waals surface area contributed by atoms with Crippen molar-refractivity contribution in [2.75, 3.05) is 6.54 Å². The SMILES string of the molecule is CCc1ccc([C@@H]2C(C(C)=O)=C(O)C(=O)N2CC#N)cc1. The van der Waals surface area contributed by atoms with Crippen LogP contribution in [0.5, 0.6) is 0 Å². The van der Waals surface area contributed by atoms with Crippen LogP contribution in [0, 0.1) is 11.3 Å². The first-order valence-electron chi connectivity index (χ1n) is 6.72. The minimum atomic E-state index is -0.694. The van der Waals surface area contributed by atoms with E-state index >= 15 is 0 Å². The number of benzene rings is 1. The van der Waals surface area contributed by atoms with Gasteiger partial charge in [-0.1, -0.05) is 31.2 Å². The fourth-order valence-corrected chi connectivity index (χ4v) is 2.53. The van der Waals surface area contributed by atoms with Crippen molar-refractivity contribution in [2.45, 2.75) is 26.3 Å². The molecule has 1 N–H and O–H groups in total. The van der Waals surface area contributed by atoms with E-state index in [0.717, 1.165) is 12.0 Å². The molecule has 1 aliphatic heterocycles.